The van der Waals surface area contributed by atoms with E-state index in [0.29, 0.717) is 5.69 Å². The third-order valence-corrected chi connectivity index (χ3v) is 4.97. The number of carbonyl (C=O) groups excluding carboxylic acids is 1. The third-order valence-electron chi connectivity index (χ3n) is 4.97. The molecule has 0 aliphatic carbocycles. The number of carbonyl (C=O) groups is 1. The molecule has 1 amide bonds. The van der Waals surface area contributed by atoms with Gasteiger partial charge in [0.1, 0.15) is 5.69 Å². The number of nitrogens with one attached hydrogen (secondary N) is 2. The van der Waals surface area contributed by atoms with E-state index in [9.17, 15) is 4.79 Å². The number of benzene rings is 3. The molecule has 4 rings (SSSR count). The summed E-state index contributed by atoms with van der Waals surface area (Å²) < 4.78 is 0. The summed E-state index contributed by atoms with van der Waals surface area (Å²) in [5.74, 6) is -0.325. The minimum atomic E-state index is -0.325. The van der Waals surface area contributed by atoms with Crippen molar-refractivity contribution in [1.29, 1.82) is 0 Å². The van der Waals surface area contributed by atoms with Crippen LogP contribution in [0.1, 0.15) is 35.5 Å². The molecule has 1 aromatic heterocycles. The van der Waals surface area contributed by atoms with Crippen LogP contribution in [-0.4, -0.2) is 21.8 Å². The Morgan fingerprint density at radius 3 is 2.52 bits per heavy atom. The molecule has 5 heteroatoms. The highest BCUT2D eigenvalue weighted by atomic mass is 16.2. The number of aromatic amines is 1. The van der Waals surface area contributed by atoms with E-state index in [0.717, 1.165) is 34.3 Å². The van der Waals surface area contributed by atoms with E-state index >= 15 is 0 Å². The molecule has 0 saturated carbocycles. The average molecular weight is 382 g/mol. The first-order valence-corrected chi connectivity index (χ1v) is 9.62. The molecule has 2 N–H and O–H groups in total. The fraction of sp³-hybridized carbons (Fsp3) is 0.125. The van der Waals surface area contributed by atoms with Gasteiger partial charge in [0.15, 0.2) is 0 Å². The van der Waals surface area contributed by atoms with Crippen LogP contribution in [0.4, 0.5) is 0 Å². The summed E-state index contributed by atoms with van der Waals surface area (Å²) in [7, 11) is 0. The molecule has 144 valence electrons. The van der Waals surface area contributed by atoms with Gasteiger partial charge in [-0.3, -0.25) is 9.89 Å². The van der Waals surface area contributed by atoms with E-state index in [4.69, 9.17) is 0 Å². The molecule has 0 aliphatic rings. The second-order valence-electron chi connectivity index (χ2n) is 6.92. The Hall–Kier alpha value is -3.73. The molecular formula is C24H22N4O. The fourth-order valence-electron chi connectivity index (χ4n) is 3.17. The highest BCUT2D eigenvalue weighted by molar-refractivity contribution is 6.03. The largest absolute Gasteiger partial charge is 0.289 e. The molecule has 0 unspecified atom stereocenters. The standard InChI is InChI=1S/C24H22N4O/c1-3-17-8-10-19(11-9-17)22-15-23(27-26-22)24(29)28-25-16(2)20-13-12-18-6-4-5-7-21(18)14-20/h4-15H,3H2,1-2H3,(H,26,27)(H,28,29)/b25-16-. The highest BCUT2D eigenvalue weighted by Gasteiger charge is 2.11. The maximum absolute atomic E-state index is 12.4. The SMILES string of the molecule is CCc1ccc(-c2cc(C(=O)N/N=C(/C)c3ccc4ccccc4c3)[nH]n2)cc1. The zero-order valence-electron chi connectivity index (χ0n) is 16.4. The summed E-state index contributed by atoms with van der Waals surface area (Å²) in [6.45, 7) is 3.99. The summed E-state index contributed by atoms with van der Waals surface area (Å²) in [6.07, 6.45) is 0.989. The first-order chi connectivity index (χ1) is 14.1. The van der Waals surface area contributed by atoms with Crippen molar-refractivity contribution < 1.29 is 4.79 Å². The second-order valence-corrected chi connectivity index (χ2v) is 6.92. The number of aryl methyl sites for hydroxylation is 1. The van der Waals surface area contributed by atoms with Crippen LogP contribution in [0.25, 0.3) is 22.0 Å². The molecule has 3 aromatic carbocycles. The van der Waals surface area contributed by atoms with Crippen LogP contribution >= 0.6 is 0 Å². The van der Waals surface area contributed by atoms with E-state index in [2.05, 4.69) is 64.0 Å². The lowest BCUT2D eigenvalue weighted by Gasteiger charge is -2.04. The molecule has 0 spiro atoms. The second kappa shape index (κ2) is 8.10. The first-order valence-electron chi connectivity index (χ1n) is 9.62. The van der Waals surface area contributed by atoms with Crippen molar-refractivity contribution in [3.05, 3.63) is 89.6 Å². The average Bonchev–Trinajstić information content (AvgIpc) is 3.27. The van der Waals surface area contributed by atoms with Crippen molar-refractivity contribution >= 4 is 22.4 Å². The van der Waals surface area contributed by atoms with Gasteiger partial charge in [0.25, 0.3) is 5.91 Å². The van der Waals surface area contributed by atoms with Gasteiger partial charge < -0.3 is 0 Å². The van der Waals surface area contributed by atoms with E-state index in [1.807, 2.05) is 37.3 Å². The highest BCUT2D eigenvalue weighted by Crippen LogP contribution is 2.19. The number of aromatic nitrogens is 2. The molecule has 0 bridgehead atoms. The Morgan fingerprint density at radius 1 is 1.00 bits per heavy atom. The van der Waals surface area contributed by atoms with E-state index in [1.54, 1.807) is 6.07 Å². The van der Waals surface area contributed by atoms with E-state index in [1.165, 1.54) is 10.9 Å². The molecular weight excluding hydrogens is 360 g/mol. The van der Waals surface area contributed by atoms with Gasteiger partial charge in [-0.15, -0.1) is 0 Å². The molecule has 0 radical (unpaired) electrons. The number of hydrogen-bond donors (Lipinski definition) is 2. The minimum Gasteiger partial charge on any atom is -0.272 e. The number of amides is 1. The normalized spacial score (nSPS) is 11.6. The van der Waals surface area contributed by atoms with Crippen molar-refractivity contribution in [1.82, 2.24) is 15.6 Å². The van der Waals surface area contributed by atoms with Crippen LogP contribution in [0.15, 0.2) is 77.9 Å². The lowest BCUT2D eigenvalue weighted by atomic mass is 10.0. The molecule has 0 aliphatic heterocycles. The molecule has 0 saturated heterocycles. The Kier molecular flexibility index (Phi) is 5.20. The van der Waals surface area contributed by atoms with Gasteiger partial charge in [-0.25, -0.2) is 5.43 Å². The summed E-state index contributed by atoms with van der Waals surface area (Å²) in [5.41, 5.74) is 7.63. The van der Waals surface area contributed by atoms with Crippen molar-refractivity contribution in [2.45, 2.75) is 20.3 Å². The summed E-state index contributed by atoms with van der Waals surface area (Å²) in [5, 5.41) is 13.6. The topological polar surface area (TPSA) is 70.1 Å². The third kappa shape index (κ3) is 4.09. The predicted molar refractivity (Wildman–Crippen MR) is 117 cm³/mol. The Bertz CT molecular complexity index is 1190. The van der Waals surface area contributed by atoms with Gasteiger partial charge in [-0.05, 0) is 47.4 Å². The zero-order chi connectivity index (χ0) is 20.2. The smallest absolute Gasteiger partial charge is 0.272 e. The molecule has 0 atom stereocenters. The lowest BCUT2D eigenvalue weighted by molar-refractivity contribution is 0.0950. The number of rotatable bonds is 5. The monoisotopic (exact) mass is 382 g/mol. The van der Waals surface area contributed by atoms with Gasteiger partial charge in [0.05, 0.1) is 11.4 Å². The first kappa shape index (κ1) is 18.6. The quantitative estimate of drug-likeness (QED) is 0.379. The lowest BCUT2D eigenvalue weighted by Crippen LogP contribution is -2.19. The summed E-state index contributed by atoms with van der Waals surface area (Å²) >= 11 is 0. The number of fused-ring (bicyclic) bond motifs is 1. The Balaban J connectivity index is 1.47. The molecule has 29 heavy (non-hydrogen) atoms. The maximum atomic E-state index is 12.4. The van der Waals surface area contributed by atoms with Crippen LogP contribution in [-0.2, 0) is 6.42 Å². The Labute approximate surface area is 169 Å². The van der Waals surface area contributed by atoms with Crippen molar-refractivity contribution in [3.8, 4) is 11.3 Å². The van der Waals surface area contributed by atoms with Crippen LogP contribution in [0, 0.1) is 0 Å². The van der Waals surface area contributed by atoms with Gasteiger partial charge in [-0.1, -0.05) is 67.6 Å². The number of hydrogen-bond acceptors (Lipinski definition) is 3. The van der Waals surface area contributed by atoms with Crippen molar-refractivity contribution in [2.75, 3.05) is 0 Å². The zero-order valence-corrected chi connectivity index (χ0v) is 16.4. The molecule has 4 aromatic rings. The van der Waals surface area contributed by atoms with Crippen LogP contribution < -0.4 is 5.43 Å². The van der Waals surface area contributed by atoms with Crippen LogP contribution in [0.5, 0.6) is 0 Å². The van der Waals surface area contributed by atoms with Crippen LogP contribution in [0.3, 0.4) is 0 Å². The molecule has 1 heterocycles. The van der Waals surface area contributed by atoms with E-state index < -0.39 is 0 Å². The summed E-state index contributed by atoms with van der Waals surface area (Å²) in [6, 6.07) is 24.2. The number of H-pyrrole nitrogens is 1. The molecule has 5 nitrogen and oxygen atoms in total. The van der Waals surface area contributed by atoms with Crippen molar-refractivity contribution in [3.63, 3.8) is 0 Å². The van der Waals surface area contributed by atoms with Crippen molar-refractivity contribution in [2.24, 2.45) is 5.10 Å². The van der Waals surface area contributed by atoms with E-state index in [-0.39, 0.29) is 5.91 Å². The number of hydrazone groups is 1. The minimum absolute atomic E-state index is 0.325. The summed E-state index contributed by atoms with van der Waals surface area (Å²) in [4.78, 5) is 12.4. The predicted octanol–water partition coefficient (Wildman–Crippen LogP) is 4.95. The van der Waals surface area contributed by atoms with Crippen LogP contribution in [0.2, 0.25) is 0 Å². The number of nitrogens with zero attached hydrogens (tertiary/aromatic N) is 2. The maximum Gasteiger partial charge on any atom is 0.289 e. The molecule has 0 fully saturated rings. The van der Waals surface area contributed by atoms with Gasteiger partial charge in [0.2, 0.25) is 0 Å². The van der Waals surface area contributed by atoms with Gasteiger partial charge >= 0.3 is 0 Å². The van der Waals surface area contributed by atoms with Gasteiger partial charge in [0, 0.05) is 5.56 Å². The van der Waals surface area contributed by atoms with Gasteiger partial charge in [-0.2, -0.15) is 10.2 Å². The fourth-order valence-corrected chi connectivity index (χ4v) is 3.17. The Morgan fingerprint density at radius 2 is 1.76 bits per heavy atom.